The van der Waals surface area contributed by atoms with Gasteiger partial charge in [0.2, 0.25) is 5.95 Å². The lowest BCUT2D eigenvalue weighted by Crippen LogP contribution is -2.23. The maximum atomic E-state index is 12.7. The van der Waals surface area contributed by atoms with E-state index in [4.69, 9.17) is 0 Å². The molecule has 2 rings (SSSR count). The summed E-state index contributed by atoms with van der Waals surface area (Å²) in [6.45, 7) is 0. The third kappa shape index (κ3) is 2.37. The van der Waals surface area contributed by atoms with E-state index in [0.717, 1.165) is 12.8 Å². The zero-order chi connectivity index (χ0) is 9.80. The van der Waals surface area contributed by atoms with Crippen molar-refractivity contribution in [1.82, 2.24) is 15.4 Å². The quantitative estimate of drug-likeness (QED) is 0.783. The first kappa shape index (κ1) is 9.30. The molecule has 0 aromatic carbocycles. The lowest BCUT2D eigenvalue weighted by molar-refractivity contribution is 0.460. The van der Waals surface area contributed by atoms with Gasteiger partial charge in [0.1, 0.15) is 0 Å². The average molecular weight is 196 g/mol. The molecule has 1 aliphatic rings. The summed E-state index contributed by atoms with van der Waals surface area (Å²) in [7, 11) is 0. The van der Waals surface area contributed by atoms with Gasteiger partial charge in [0.15, 0.2) is 5.82 Å². The van der Waals surface area contributed by atoms with Crippen molar-refractivity contribution in [1.29, 1.82) is 0 Å². The summed E-state index contributed by atoms with van der Waals surface area (Å²) < 4.78 is 12.7. The van der Waals surface area contributed by atoms with Crippen LogP contribution in [0.25, 0.3) is 0 Å². The minimum Gasteiger partial charge on any atom is -0.366 e. The van der Waals surface area contributed by atoms with Crippen molar-refractivity contribution in [2.45, 2.75) is 38.1 Å². The second-order valence-electron chi connectivity index (χ2n) is 3.62. The van der Waals surface area contributed by atoms with E-state index in [0.29, 0.717) is 11.9 Å². The summed E-state index contributed by atoms with van der Waals surface area (Å²) in [6.07, 6.45) is 6.03. The molecule has 76 valence electrons. The van der Waals surface area contributed by atoms with E-state index in [9.17, 15) is 4.39 Å². The van der Waals surface area contributed by atoms with E-state index in [2.05, 4.69) is 20.7 Å². The van der Waals surface area contributed by atoms with Gasteiger partial charge in [0.05, 0.1) is 0 Å². The third-order valence-electron chi connectivity index (χ3n) is 2.51. The molecule has 1 aromatic rings. The molecule has 0 radical (unpaired) electrons. The van der Waals surface area contributed by atoms with Gasteiger partial charge in [-0.15, -0.1) is 5.10 Å². The van der Waals surface area contributed by atoms with Crippen molar-refractivity contribution in [2.75, 3.05) is 5.32 Å². The van der Waals surface area contributed by atoms with E-state index < -0.39 is 5.95 Å². The molecule has 1 saturated carbocycles. The van der Waals surface area contributed by atoms with Crippen LogP contribution in [0.5, 0.6) is 0 Å². The molecule has 4 nitrogen and oxygen atoms in total. The van der Waals surface area contributed by atoms with Gasteiger partial charge in [-0.05, 0) is 18.1 Å². The highest BCUT2D eigenvalue weighted by molar-refractivity contribution is 5.32. The molecular weight excluding hydrogens is 183 g/mol. The molecule has 0 unspecified atom stereocenters. The highest BCUT2D eigenvalue weighted by Gasteiger charge is 2.13. The molecule has 0 atom stereocenters. The highest BCUT2D eigenvalue weighted by Crippen LogP contribution is 2.20. The Balaban J connectivity index is 1.95. The van der Waals surface area contributed by atoms with Crippen LogP contribution in [-0.2, 0) is 0 Å². The molecule has 1 aromatic heterocycles. The molecule has 1 aliphatic carbocycles. The topological polar surface area (TPSA) is 50.7 Å². The summed E-state index contributed by atoms with van der Waals surface area (Å²) in [5.41, 5.74) is 0. The number of hydrogen-bond acceptors (Lipinski definition) is 4. The maximum absolute atomic E-state index is 12.7. The average Bonchev–Trinajstić information content (AvgIpc) is 2.19. The van der Waals surface area contributed by atoms with Gasteiger partial charge in [0, 0.05) is 12.1 Å². The van der Waals surface area contributed by atoms with Gasteiger partial charge >= 0.3 is 0 Å². The van der Waals surface area contributed by atoms with Crippen molar-refractivity contribution in [3.8, 4) is 0 Å². The molecule has 5 heteroatoms. The fourth-order valence-corrected chi connectivity index (χ4v) is 1.81. The Labute approximate surface area is 81.9 Å². The number of hydrogen-bond donors (Lipinski definition) is 1. The summed E-state index contributed by atoms with van der Waals surface area (Å²) in [5.74, 6) is -0.0947. The van der Waals surface area contributed by atoms with Gasteiger partial charge in [0.25, 0.3) is 0 Å². The monoisotopic (exact) mass is 196 g/mol. The third-order valence-corrected chi connectivity index (χ3v) is 2.51. The minimum absolute atomic E-state index is 0.417. The van der Waals surface area contributed by atoms with Crippen LogP contribution in [-0.4, -0.2) is 21.5 Å². The highest BCUT2D eigenvalue weighted by atomic mass is 19.1. The number of rotatable bonds is 2. The van der Waals surface area contributed by atoms with Crippen molar-refractivity contribution in [2.24, 2.45) is 0 Å². The Hall–Kier alpha value is -1.26. The number of nitrogens with one attached hydrogen (secondary N) is 1. The summed E-state index contributed by atoms with van der Waals surface area (Å²) >= 11 is 0. The van der Waals surface area contributed by atoms with Crippen molar-refractivity contribution in [3.63, 3.8) is 0 Å². The molecule has 0 bridgehead atoms. The SMILES string of the molecule is Fc1cc(NC2CCCCC2)nnn1. The Kier molecular flexibility index (Phi) is 2.86. The van der Waals surface area contributed by atoms with Gasteiger partial charge < -0.3 is 5.32 Å². The molecule has 14 heavy (non-hydrogen) atoms. The molecule has 0 aliphatic heterocycles. The Morgan fingerprint density at radius 1 is 1.21 bits per heavy atom. The van der Waals surface area contributed by atoms with E-state index in [-0.39, 0.29) is 0 Å². The summed E-state index contributed by atoms with van der Waals surface area (Å²) in [4.78, 5) is 0. The van der Waals surface area contributed by atoms with Crippen LogP contribution in [0.1, 0.15) is 32.1 Å². The van der Waals surface area contributed by atoms with Crippen LogP contribution in [0.15, 0.2) is 6.07 Å². The van der Waals surface area contributed by atoms with Crippen LogP contribution in [0.3, 0.4) is 0 Å². The second-order valence-corrected chi connectivity index (χ2v) is 3.62. The fourth-order valence-electron chi connectivity index (χ4n) is 1.81. The predicted octanol–water partition coefficient (Wildman–Crippen LogP) is 1.76. The van der Waals surface area contributed by atoms with Crippen LogP contribution < -0.4 is 5.32 Å². The predicted molar refractivity (Wildman–Crippen MR) is 50.3 cm³/mol. The molecule has 1 heterocycles. The van der Waals surface area contributed by atoms with E-state index in [1.807, 2.05) is 0 Å². The smallest absolute Gasteiger partial charge is 0.238 e. The van der Waals surface area contributed by atoms with Crippen molar-refractivity contribution in [3.05, 3.63) is 12.0 Å². The van der Waals surface area contributed by atoms with Crippen LogP contribution in [0, 0.1) is 5.95 Å². The zero-order valence-electron chi connectivity index (χ0n) is 7.91. The van der Waals surface area contributed by atoms with Crippen LogP contribution >= 0.6 is 0 Å². The summed E-state index contributed by atoms with van der Waals surface area (Å²) in [5, 5.41) is 13.4. The Morgan fingerprint density at radius 2 is 2.00 bits per heavy atom. The largest absolute Gasteiger partial charge is 0.366 e. The van der Waals surface area contributed by atoms with Crippen molar-refractivity contribution >= 4 is 5.82 Å². The minimum atomic E-state index is -0.585. The lowest BCUT2D eigenvalue weighted by atomic mass is 9.95. The van der Waals surface area contributed by atoms with Crippen LogP contribution in [0.4, 0.5) is 10.2 Å². The molecule has 1 fully saturated rings. The number of halogens is 1. The molecular formula is C9H13FN4. The fraction of sp³-hybridized carbons (Fsp3) is 0.667. The molecule has 1 N–H and O–H groups in total. The van der Waals surface area contributed by atoms with E-state index in [1.54, 1.807) is 0 Å². The second kappa shape index (κ2) is 4.30. The Morgan fingerprint density at radius 3 is 2.71 bits per heavy atom. The van der Waals surface area contributed by atoms with Gasteiger partial charge in [-0.25, -0.2) is 0 Å². The normalized spacial score (nSPS) is 18.1. The van der Waals surface area contributed by atoms with E-state index in [1.165, 1.54) is 25.3 Å². The first-order valence-corrected chi connectivity index (χ1v) is 4.97. The Bertz CT molecular complexity index is 299. The molecule has 0 saturated heterocycles. The number of anilines is 1. The first-order chi connectivity index (χ1) is 6.84. The molecule has 0 amide bonds. The number of aromatic nitrogens is 3. The maximum Gasteiger partial charge on any atom is 0.238 e. The van der Waals surface area contributed by atoms with E-state index >= 15 is 0 Å². The lowest BCUT2D eigenvalue weighted by Gasteiger charge is -2.22. The van der Waals surface area contributed by atoms with Gasteiger partial charge in [-0.1, -0.05) is 24.4 Å². The number of nitrogens with zero attached hydrogens (tertiary/aromatic N) is 3. The zero-order valence-corrected chi connectivity index (χ0v) is 7.91. The standard InChI is InChI=1S/C9H13FN4/c10-8-6-9(13-14-12-8)11-7-4-2-1-3-5-7/h6-7H,1-5H2,(H,11,12,13). The molecule has 0 spiro atoms. The first-order valence-electron chi connectivity index (χ1n) is 4.97. The van der Waals surface area contributed by atoms with Crippen LogP contribution in [0.2, 0.25) is 0 Å². The summed E-state index contributed by atoms with van der Waals surface area (Å²) in [6, 6.07) is 1.70. The van der Waals surface area contributed by atoms with Gasteiger partial charge in [-0.3, -0.25) is 0 Å². The van der Waals surface area contributed by atoms with Gasteiger partial charge in [-0.2, -0.15) is 4.39 Å². The van der Waals surface area contributed by atoms with Crippen molar-refractivity contribution < 1.29 is 4.39 Å².